The van der Waals surface area contributed by atoms with Gasteiger partial charge < -0.3 is 14.8 Å². The predicted octanol–water partition coefficient (Wildman–Crippen LogP) is 1.24. The first kappa shape index (κ1) is 17.7. The number of nitrogens with one attached hydrogen (secondary N) is 1. The Kier molecular flexibility index (Phi) is 6.44. The highest BCUT2D eigenvalue weighted by Gasteiger charge is 2.24. The van der Waals surface area contributed by atoms with Crippen molar-refractivity contribution in [1.82, 2.24) is 9.62 Å². The van der Waals surface area contributed by atoms with Crippen LogP contribution in [0.1, 0.15) is 12.0 Å². The van der Waals surface area contributed by atoms with Gasteiger partial charge in [-0.25, -0.2) is 12.7 Å². The van der Waals surface area contributed by atoms with E-state index in [1.165, 1.54) is 24.6 Å². The van der Waals surface area contributed by atoms with E-state index in [0.717, 1.165) is 13.0 Å². The molecule has 0 bridgehead atoms. The number of nitrogens with zero attached hydrogens (tertiary/aromatic N) is 1. The Balaban J connectivity index is 3.13. The molecule has 0 spiro atoms. The van der Waals surface area contributed by atoms with Gasteiger partial charge in [0.2, 0.25) is 10.0 Å². The van der Waals surface area contributed by atoms with E-state index in [-0.39, 0.29) is 4.90 Å². The van der Waals surface area contributed by atoms with E-state index in [1.807, 2.05) is 7.05 Å². The molecule has 1 aromatic carbocycles. The van der Waals surface area contributed by atoms with E-state index in [1.54, 1.807) is 20.0 Å². The van der Waals surface area contributed by atoms with Gasteiger partial charge in [0.15, 0.2) is 11.5 Å². The molecule has 1 N–H and O–H groups in total. The van der Waals surface area contributed by atoms with E-state index in [2.05, 4.69) is 5.32 Å². The topological polar surface area (TPSA) is 67.9 Å². The molecule has 7 heteroatoms. The first-order valence-electron chi connectivity index (χ1n) is 6.72. The molecule has 0 heterocycles. The van der Waals surface area contributed by atoms with E-state index >= 15 is 0 Å². The molecule has 0 radical (unpaired) electrons. The molecule has 0 aliphatic carbocycles. The van der Waals surface area contributed by atoms with Crippen molar-refractivity contribution >= 4 is 10.0 Å². The van der Waals surface area contributed by atoms with E-state index in [0.29, 0.717) is 23.6 Å². The van der Waals surface area contributed by atoms with Crippen LogP contribution in [0.4, 0.5) is 0 Å². The lowest BCUT2D eigenvalue weighted by molar-refractivity contribution is 0.353. The number of sulfonamides is 1. The molecule has 0 aromatic heterocycles. The van der Waals surface area contributed by atoms with Gasteiger partial charge in [0.05, 0.1) is 19.1 Å². The van der Waals surface area contributed by atoms with Gasteiger partial charge in [-0.1, -0.05) is 0 Å². The maximum absolute atomic E-state index is 12.6. The predicted molar refractivity (Wildman–Crippen MR) is 82.6 cm³/mol. The molecule has 0 amide bonds. The largest absolute Gasteiger partial charge is 0.493 e. The first-order chi connectivity index (χ1) is 9.88. The molecule has 1 aromatic rings. The Labute approximate surface area is 127 Å². The third-order valence-electron chi connectivity index (χ3n) is 3.27. The minimum atomic E-state index is -3.54. The normalized spacial score (nSPS) is 11.7. The number of hydrogen-bond donors (Lipinski definition) is 1. The quantitative estimate of drug-likeness (QED) is 0.731. The van der Waals surface area contributed by atoms with Gasteiger partial charge in [0.1, 0.15) is 0 Å². The molecule has 21 heavy (non-hydrogen) atoms. The Morgan fingerprint density at radius 1 is 1.19 bits per heavy atom. The molecule has 0 aliphatic rings. The molecular formula is C14H24N2O4S. The van der Waals surface area contributed by atoms with Crippen LogP contribution in [0.15, 0.2) is 17.0 Å². The van der Waals surface area contributed by atoms with Crippen LogP contribution in [0.25, 0.3) is 0 Å². The fourth-order valence-electron chi connectivity index (χ4n) is 2.01. The van der Waals surface area contributed by atoms with Crippen molar-refractivity contribution in [3.63, 3.8) is 0 Å². The van der Waals surface area contributed by atoms with Crippen molar-refractivity contribution in [1.29, 1.82) is 0 Å². The maximum atomic E-state index is 12.6. The van der Waals surface area contributed by atoms with Crippen molar-refractivity contribution in [2.45, 2.75) is 18.2 Å². The molecule has 1 rings (SSSR count). The summed E-state index contributed by atoms with van der Waals surface area (Å²) in [5, 5.41) is 3.00. The molecule has 0 saturated heterocycles. The van der Waals surface area contributed by atoms with Crippen LogP contribution in [-0.4, -0.2) is 54.1 Å². The second-order valence-electron chi connectivity index (χ2n) is 4.76. The van der Waals surface area contributed by atoms with Gasteiger partial charge in [-0.15, -0.1) is 0 Å². The van der Waals surface area contributed by atoms with Crippen LogP contribution >= 0.6 is 0 Å². The summed E-state index contributed by atoms with van der Waals surface area (Å²) in [5.74, 6) is 0.928. The second-order valence-corrected chi connectivity index (χ2v) is 6.77. The average Bonchev–Trinajstić information content (AvgIpc) is 2.46. The SMILES string of the molecule is CNCCCN(C)S(=O)(=O)c1cc(OC)c(OC)cc1C. The molecular weight excluding hydrogens is 292 g/mol. The molecule has 0 saturated carbocycles. The lowest BCUT2D eigenvalue weighted by Crippen LogP contribution is -2.30. The van der Waals surface area contributed by atoms with E-state index in [9.17, 15) is 8.42 Å². The number of ether oxygens (including phenoxy) is 2. The zero-order chi connectivity index (χ0) is 16.0. The summed E-state index contributed by atoms with van der Waals surface area (Å²) in [4.78, 5) is 0.243. The van der Waals surface area contributed by atoms with Crippen LogP contribution in [0.2, 0.25) is 0 Å². The summed E-state index contributed by atoms with van der Waals surface area (Å²) in [7, 11) is 2.90. The molecule has 0 unspecified atom stereocenters. The fourth-order valence-corrected chi connectivity index (χ4v) is 3.43. The third kappa shape index (κ3) is 4.09. The third-order valence-corrected chi connectivity index (χ3v) is 5.27. The van der Waals surface area contributed by atoms with Crippen molar-refractivity contribution in [2.24, 2.45) is 0 Å². The van der Waals surface area contributed by atoms with Crippen LogP contribution in [0.3, 0.4) is 0 Å². The minimum absolute atomic E-state index is 0.243. The summed E-state index contributed by atoms with van der Waals surface area (Å²) in [6.45, 7) is 2.97. The van der Waals surface area contributed by atoms with Crippen LogP contribution in [0.5, 0.6) is 11.5 Å². The standard InChI is InChI=1S/C14H24N2O4S/c1-11-9-12(19-4)13(20-5)10-14(11)21(17,18)16(3)8-6-7-15-2/h9-10,15H,6-8H2,1-5H3. The van der Waals surface area contributed by atoms with E-state index < -0.39 is 10.0 Å². The van der Waals surface area contributed by atoms with Crippen molar-refractivity contribution in [3.8, 4) is 11.5 Å². The lowest BCUT2D eigenvalue weighted by Gasteiger charge is -2.20. The van der Waals surface area contributed by atoms with Gasteiger partial charge in [0.25, 0.3) is 0 Å². The van der Waals surface area contributed by atoms with Crippen LogP contribution in [0, 0.1) is 6.92 Å². The minimum Gasteiger partial charge on any atom is -0.493 e. The molecule has 0 fully saturated rings. The van der Waals surface area contributed by atoms with Gasteiger partial charge in [-0.2, -0.15) is 0 Å². The molecule has 6 nitrogen and oxygen atoms in total. The highest BCUT2D eigenvalue weighted by Crippen LogP contribution is 2.33. The Morgan fingerprint density at radius 2 is 1.76 bits per heavy atom. The van der Waals surface area contributed by atoms with Gasteiger partial charge in [-0.05, 0) is 38.6 Å². The van der Waals surface area contributed by atoms with Crippen molar-refractivity contribution in [3.05, 3.63) is 17.7 Å². The van der Waals surface area contributed by atoms with Crippen molar-refractivity contribution < 1.29 is 17.9 Å². The Morgan fingerprint density at radius 3 is 2.29 bits per heavy atom. The van der Waals surface area contributed by atoms with Gasteiger partial charge in [-0.3, -0.25) is 0 Å². The monoisotopic (exact) mass is 316 g/mol. The second kappa shape index (κ2) is 7.63. The van der Waals surface area contributed by atoms with Crippen LogP contribution < -0.4 is 14.8 Å². The lowest BCUT2D eigenvalue weighted by atomic mass is 10.2. The summed E-state index contributed by atoms with van der Waals surface area (Å²) >= 11 is 0. The number of aryl methyl sites for hydroxylation is 1. The number of methoxy groups -OCH3 is 2. The molecule has 0 aliphatic heterocycles. The Hall–Kier alpha value is -1.31. The van der Waals surface area contributed by atoms with Gasteiger partial charge >= 0.3 is 0 Å². The van der Waals surface area contributed by atoms with E-state index in [4.69, 9.17) is 9.47 Å². The summed E-state index contributed by atoms with van der Waals surface area (Å²) in [6.07, 6.45) is 0.749. The average molecular weight is 316 g/mol. The Bertz CT molecular complexity index is 573. The fraction of sp³-hybridized carbons (Fsp3) is 0.571. The number of hydrogen-bond acceptors (Lipinski definition) is 5. The van der Waals surface area contributed by atoms with Crippen LogP contribution in [-0.2, 0) is 10.0 Å². The zero-order valence-electron chi connectivity index (χ0n) is 13.3. The van der Waals surface area contributed by atoms with Gasteiger partial charge in [0, 0.05) is 19.7 Å². The summed E-state index contributed by atoms with van der Waals surface area (Å²) in [6, 6.07) is 3.19. The number of rotatable bonds is 8. The summed E-state index contributed by atoms with van der Waals surface area (Å²) < 4.78 is 37.0. The molecule has 120 valence electrons. The summed E-state index contributed by atoms with van der Waals surface area (Å²) in [5.41, 5.74) is 0.633. The highest BCUT2D eigenvalue weighted by molar-refractivity contribution is 7.89. The smallest absolute Gasteiger partial charge is 0.243 e. The number of benzene rings is 1. The maximum Gasteiger partial charge on any atom is 0.243 e. The highest BCUT2D eigenvalue weighted by atomic mass is 32.2. The first-order valence-corrected chi connectivity index (χ1v) is 8.16. The van der Waals surface area contributed by atoms with Crippen molar-refractivity contribution in [2.75, 3.05) is 41.4 Å². The molecule has 0 atom stereocenters. The zero-order valence-corrected chi connectivity index (χ0v) is 14.1.